The number of carbonyl (C=O) groups excluding carboxylic acids is 4. The van der Waals surface area contributed by atoms with E-state index < -0.39 is 24.0 Å². The van der Waals surface area contributed by atoms with Crippen molar-refractivity contribution in [1.29, 1.82) is 0 Å². The predicted octanol–water partition coefficient (Wildman–Crippen LogP) is 10.4. The van der Waals surface area contributed by atoms with Crippen molar-refractivity contribution >= 4 is 35.6 Å². The first-order valence-corrected chi connectivity index (χ1v) is 24.7. The third-order valence-electron chi connectivity index (χ3n) is 11.3. The van der Waals surface area contributed by atoms with Crippen LogP contribution in [0.4, 0.5) is 0 Å². The molecule has 4 amide bonds. The van der Waals surface area contributed by atoms with Gasteiger partial charge in [0.05, 0.1) is 0 Å². The van der Waals surface area contributed by atoms with Gasteiger partial charge in [-0.25, -0.2) is 9.59 Å². The largest absolute Gasteiger partial charge is 0.480 e. The maximum atomic E-state index is 12.4. The van der Waals surface area contributed by atoms with Crippen molar-refractivity contribution in [1.82, 2.24) is 21.3 Å². The van der Waals surface area contributed by atoms with Crippen molar-refractivity contribution in [2.75, 3.05) is 13.1 Å². The number of aliphatic carboxylic acids is 2. The van der Waals surface area contributed by atoms with Crippen LogP contribution in [0, 0.1) is 0 Å². The smallest absolute Gasteiger partial charge is 0.326 e. The quantitative estimate of drug-likeness (QED) is 0.0326. The first-order valence-electron chi connectivity index (χ1n) is 24.7. The van der Waals surface area contributed by atoms with E-state index in [1.54, 1.807) is 0 Å². The van der Waals surface area contributed by atoms with Gasteiger partial charge in [0.15, 0.2) is 0 Å². The first kappa shape index (κ1) is 56.8. The van der Waals surface area contributed by atoms with Gasteiger partial charge in [-0.05, 0) is 64.2 Å². The summed E-state index contributed by atoms with van der Waals surface area (Å²) in [6, 6.07) is -1.84. The van der Waals surface area contributed by atoms with Gasteiger partial charge in [-0.1, -0.05) is 155 Å². The standard InChI is InChI=1S/C48H90N4O8/c1-3-5-7-9-11-13-17-21-25-35-43(53)49-39-31-29-33-41(47(57)58)51-45(55)37-27-23-19-15-16-20-24-28-38-46(56)52-42(48(59)60)34-30-32-40-50-44(54)36-26-22-18-14-12-10-8-6-4-2/h41-42H,3-40H2,1-2H3,(H,49,53)(H,50,54)(H,51,55)(H,52,56)(H,57,58)(H,59,60)/t41-,42-/m0/s1. The highest BCUT2D eigenvalue weighted by Gasteiger charge is 2.20. The Balaban J connectivity index is 3.83. The zero-order chi connectivity index (χ0) is 44.3. The summed E-state index contributed by atoms with van der Waals surface area (Å²) in [6.07, 6.45) is 33.8. The molecule has 0 heterocycles. The summed E-state index contributed by atoms with van der Waals surface area (Å²) in [5.74, 6) is -2.47. The van der Waals surface area contributed by atoms with E-state index in [9.17, 15) is 39.0 Å². The fourth-order valence-corrected chi connectivity index (χ4v) is 7.45. The number of unbranched alkanes of at least 4 members (excludes halogenated alkanes) is 25. The molecule has 0 saturated carbocycles. The topological polar surface area (TPSA) is 191 Å². The normalized spacial score (nSPS) is 12.1. The molecule has 0 spiro atoms. The molecule has 2 atom stereocenters. The second kappa shape index (κ2) is 42.5. The number of carboxylic acid groups (broad SMARTS) is 2. The highest BCUT2D eigenvalue weighted by atomic mass is 16.4. The zero-order valence-electron chi connectivity index (χ0n) is 38.4. The predicted molar refractivity (Wildman–Crippen MR) is 243 cm³/mol. The highest BCUT2D eigenvalue weighted by molar-refractivity contribution is 5.84. The van der Waals surface area contributed by atoms with Gasteiger partial charge >= 0.3 is 11.9 Å². The Kier molecular flexibility index (Phi) is 40.3. The maximum Gasteiger partial charge on any atom is 0.326 e. The van der Waals surface area contributed by atoms with Crippen LogP contribution in [0.2, 0.25) is 0 Å². The fourth-order valence-electron chi connectivity index (χ4n) is 7.45. The molecule has 6 N–H and O–H groups in total. The second-order valence-corrected chi connectivity index (χ2v) is 17.1. The van der Waals surface area contributed by atoms with Gasteiger partial charge in [0.1, 0.15) is 12.1 Å². The van der Waals surface area contributed by atoms with Crippen molar-refractivity contribution in [2.24, 2.45) is 0 Å². The number of hydrogen-bond acceptors (Lipinski definition) is 6. The van der Waals surface area contributed by atoms with Gasteiger partial charge in [0.2, 0.25) is 23.6 Å². The molecule has 0 aliphatic rings. The molecular formula is C48H90N4O8. The minimum Gasteiger partial charge on any atom is -0.480 e. The Morgan fingerprint density at radius 2 is 0.583 bits per heavy atom. The van der Waals surface area contributed by atoms with Crippen LogP contribution in [0.25, 0.3) is 0 Å². The lowest BCUT2D eigenvalue weighted by molar-refractivity contribution is -0.142. The van der Waals surface area contributed by atoms with Crippen LogP contribution in [0.3, 0.4) is 0 Å². The van der Waals surface area contributed by atoms with E-state index in [0.717, 1.165) is 64.2 Å². The van der Waals surface area contributed by atoms with E-state index >= 15 is 0 Å². The average molecular weight is 851 g/mol. The molecule has 0 aromatic carbocycles. The molecule has 0 unspecified atom stereocenters. The molecule has 350 valence electrons. The minimum atomic E-state index is -1.04. The highest BCUT2D eigenvalue weighted by Crippen LogP contribution is 2.14. The summed E-state index contributed by atoms with van der Waals surface area (Å²) >= 11 is 0. The average Bonchev–Trinajstić information content (AvgIpc) is 3.21. The van der Waals surface area contributed by atoms with Crippen LogP contribution >= 0.6 is 0 Å². The van der Waals surface area contributed by atoms with Crippen LogP contribution in [-0.4, -0.2) is 71.0 Å². The molecule has 0 aromatic heterocycles. The Bertz CT molecular complexity index is 1020. The number of rotatable bonds is 45. The molecule has 0 saturated heterocycles. The van der Waals surface area contributed by atoms with Crippen molar-refractivity contribution in [3.8, 4) is 0 Å². The summed E-state index contributed by atoms with van der Waals surface area (Å²) in [5.41, 5.74) is 0. The monoisotopic (exact) mass is 851 g/mol. The molecule has 12 nitrogen and oxygen atoms in total. The van der Waals surface area contributed by atoms with Gasteiger partial charge in [-0.2, -0.15) is 0 Å². The lowest BCUT2D eigenvalue weighted by Crippen LogP contribution is -2.40. The third kappa shape index (κ3) is 39.0. The van der Waals surface area contributed by atoms with Crippen molar-refractivity contribution in [3.63, 3.8) is 0 Å². The SMILES string of the molecule is CCCCCCCCCCCC(=O)NCCCC[C@H](NC(=O)CCCCCCCCCCC(=O)N[C@@H](CCCCNC(=O)CCCCCCCCCCC)C(=O)O)C(=O)O. The van der Waals surface area contributed by atoms with Crippen LogP contribution in [0.5, 0.6) is 0 Å². The van der Waals surface area contributed by atoms with Crippen LogP contribution in [-0.2, 0) is 28.8 Å². The fraction of sp³-hybridized carbons (Fsp3) is 0.875. The van der Waals surface area contributed by atoms with E-state index in [4.69, 9.17) is 0 Å². The van der Waals surface area contributed by atoms with E-state index in [0.29, 0.717) is 90.1 Å². The Hall–Kier alpha value is -3.18. The molecule has 0 aliphatic carbocycles. The molecule has 0 aliphatic heterocycles. The number of hydrogen-bond donors (Lipinski definition) is 6. The summed E-state index contributed by atoms with van der Waals surface area (Å²) in [6.45, 7) is 5.48. The number of carboxylic acids is 2. The van der Waals surface area contributed by atoms with E-state index in [1.807, 2.05) is 0 Å². The molecule has 0 bridgehead atoms. The minimum absolute atomic E-state index is 0.0509. The molecule has 0 rings (SSSR count). The molecular weight excluding hydrogens is 761 g/mol. The lowest BCUT2D eigenvalue weighted by Gasteiger charge is -2.15. The first-order chi connectivity index (χ1) is 29.1. The van der Waals surface area contributed by atoms with E-state index in [-0.39, 0.29) is 23.6 Å². The maximum absolute atomic E-state index is 12.4. The summed E-state index contributed by atoms with van der Waals surface area (Å²) < 4.78 is 0. The van der Waals surface area contributed by atoms with Crippen molar-refractivity contribution in [3.05, 3.63) is 0 Å². The summed E-state index contributed by atoms with van der Waals surface area (Å²) in [4.78, 5) is 72.4. The lowest BCUT2D eigenvalue weighted by atomic mass is 10.1. The van der Waals surface area contributed by atoms with Crippen molar-refractivity contribution in [2.45, 2.75) is 257 Å². The Labute approximate surface area is 365 Å². The van der Waals surface area contributed by atoms with Crippen LogP contribution < -0.4 is 21.3 Å². The molecule has 0 fully saturated rings. The van der Waals surface area contributed by atoms with Gasteiger partial charge in [-0.3, -0.25) is 19.2 Å². The summed E-state index contributed by atoms with van der Waals surface area (Å²) in [5, 5.41) is 30.3. The van der Waals surface area contributed by atoms with E-state index in [2.05, 4.69) is 35.1 Å². The van der Waals surface area contributed by atoms with Gasteiger partial charge in [0.25, 0.3) is 0 Å². The van der Waals surface area contributed by atoms with Gasteiger partial charge in [-0.15, -0.1) is 0 Å². The zero-order valence-corrected chi connectivity index (χ0v) is 38.4. The number of carbonyl (C=O) groups is 6. The van der Waals surface area contributed by atoms with Crippen molar-refractivity contribution < 1.29 is 39.0 Å². The molecule has 60 heavy (non-hydrogen) atoms. The Morgan fingerprint density at radius 3 is 0.850 bits per heavy atom. The number of nitrogens with one attached hydrogen (secondary N) is 4. The van der Waals surface area contributed by atoms with Crippen LogP contribution in [0.15, 0.2) is 0 Å². The summed E-state index contributed by atoms with van der Waals surface area (Å²) in [7, 11) is 0. The Morgan fingerprint density at radius 1 is 0.333 bits per heavy atom. The van der Waals surface area contributed by atoms with Gasteiger partial charge in [0, 0.05) is 38.8 Å². The molecule has 0 radical (unpaired) electrons. The van der Waals surface area contributed by atoms with E-state index in [1.165, 1.54) is 89.9 Å². The van der Waals surface area contributed by atoms with Crippen LogP contribution in [0.1, 0.15) is 245 Å². The molecule has 0 aromatic rings. The molecule has 12 heteroatoms. The second-order valence-electron chi connectivity index (χ2n) is 17.1. The third-order valence-corrected chi connectivity index (χ3v) is 11.3. The number of amides is 4. The van der Waals surface area contributed by atoms with Gasteiger partial charge < -0.3 is 31.5 Å².